The van der Waals surface area contributed by atoms with Crippen LogP contribution in [-0.4, -0.2) is 17.5 Å². The third-order valence-corrected chi connectivity index (χ3v) is 2.11. The summed E-state index contributed by atoms with van der Waals surface area (Å²) < 4.78 is 50.6. The van der Waals surface area contributed by atoms with Crippen LogP contribution in [0.5, 0.6) is 0 Å². The monoisotopic (exact) mass is 265 g/mol. The van der Waals surface area contributed by atoms with Crippen LogP contribution in [0.2, 0.25) is 0 Å². The highest BCUT2D eigenvalue weighted by Gasteiger charge is 2.37. The Morgan fingerprint density at radius 2 is 2.00 bits per heavy atom. The highest BCUT2D eigenvalue weighted by molar-refractivity contribution is 5.78. The Morgan fingerprint density at radius 3 is 2.44 bits per heavy atom. The largest absolute Gasteiger partial charge is 0.479 e. The Kier molecular flexibility index (Phi) is 3.89. The van der Waals surface area contributed by atoms with Crippen molar-refractivity contribution in [3.63, 3.8) is 0 Å². The Hall–Kier alpha value is -2.12. The number of carboxylic acids is 1. The lowest BCUT2D eigenvalue weighted by Gasteiger charge is -2.17. The van der Waals surface area contributed by atoms with Crippen LogP contribution in [0.15, 0.2) is 18.2 Å². The highest BCUT2D eigenvalue weighted by Crippen LogP contribution is 2.35. The molecule has 1 aromatic carbocycles. The summed E-state index contributed by atoms with van der Waals surface area (Å²) in [7, 11) is 0. The average molecular weight is 265 g/mol. The second kappa shape index (κ2) is 5.03. The second-order valence-corrected chi connectivity index (χ2v) is 3.29. The summed E-state index contributed by atoms with van der Waals surface area (Å²) in [5.41, 5.74) is -2.17. The van der Waals surface area contributed by atoms with E-state index in [-0.39, 0.29) is 12.5 Å². The first kappa shape index (κ1) is 13.9. The number of aliphatic carboxylic acids is 1. The number of carboxylic acid groups (broad SMARTS) is 1. The SMILES string of the molecule is O=CNC(C(=O)O)c1ccc(F)cc1C(F)(F)F. The van der Waals surface area contributed by atoms with Gasteiger partial charge in [0.25, 0.3) is 0 Å². The number of halogens is 4. The Labute approximate surface area is 98.2 Å². The maximum atomic E-state index is 12.8. The maximum absolute atomic E-state index is 12.8. The van der Waals surface area contributed by atoms with Gasteiger partial charge in [-0.05, 0) is 17.7 Å². The molecule has 0 fully saturated rings. The van der Waals surface area contributed by atoms with Gasteiger partial charge in [0.2, 0.25) is 6.41 Å². The molecule has 0 heterocycles. The topological polar surface area (TPSA) is 66.4 Å². The molecular weight excluding hydrogens is 258 g/mol. The van der Waals surface area contributed by atoms with Crippen molar-refractivity contribution in [2.45, 2.75) is 12.2 Å². The Bertz CT molecular complexity index is 473. The number of benzene rings is 1. The molecule has 98 valence electrons. The third kappa shape index (κ3) is 2.96. The van der Waals surface area contributed by atoms with E-state index in [1.54, 1.807) is 5.32 Å². The van der Waals surface area contributed by atoms with Crippen LogP contribution >= 0.6 is 0 Å². The Morgan fingerprint density at radius 1 is 1.39 bits per heavy atom. The first-order valence-electron chi connectivity index (χ1n) is 4.56. The minimum Gasteiger partial charge on any atom is -0.479 e. The van der Waals surface area contributed by atoms with Crippen molar-refractivity contribution >= 4 is 12.4 Å². The molecule has 2 N–H and O–H groups in total. The number of carbonyl (C=O) groups is 2. The first-order valence-corrected chi connectivity index (χ1v) is 4.56. The van der Waals surface area contributed by atoms with Crippen molar-refractivity contribution < 1.29 is 32.3 Å². The molecule has 0 aliphatic heterocycles. The summed E-state index contributed by atoms with van der Waals surface area (Å²) in [6.07, 6.45) is -4.96. The van der Waals surface area contributed by atoms with E-state index in [9.17, 15) is 27.2 Å². The molecule has 4 nitrogen and oxygen atoms in total. The van der Waals surface area contributed by atoms with Gasteiger partial charge in [-0.3, -0.25) is 4.79 Å². The average Bonchev–Trinajstić information content (AvgIpc) is 2.24. The number of rotatable bonds is 4. The first-order chi connectivity index (χ1) is 8.27. The van der Waals surface area contributed by atoms with Crippen LogP contribution in [-0.2, 0) is 15.8 Å². The van der Waals surface area contributed by atoms with Crippen molar-refractivity contribution in [1.82, 2.24) is 5.32 Å². The molecule has 1 amide bonds. The van der Waals surface area contributed by atoms with E-state index in [2.05, 4.69) is 0 Å². The summed E-state index contributed by atoms with van der Waals surface area (Å²) in [6.45, 7) is 0. The molecule has 1 unspecified atom stereocenters. The molecule has 0 aliphatic rings. The van der Waals surface area contributed by atoms with Crippen LogP contribution in [0.1, 0.15) is 17.2 Å². The number of hydrogen-bond donors (Lipinski definition) is 2. The quantitative estimate of drug-likeness (QED) is 0.643. The van der Waals surface area contributed by atoms with Crippen LogP contribution in [0.25, 0.3) is 0 Å². The zero-order chi connectivity index (χ0) is 13.9. The maximum Gasteiger partial charge on any atom is 0.416 e. The van der Waals surface area contributed by atoms with Crippen molar-refractivity contribution in [1.29, 1.82) is 0 Å². The smallest absolute Gasteiger partial charge is 0.416 e. The number of alkyl halides is 3. The molecule has 0 saturated carbocycles. The summed E-state index contributed by atoms with van der Waals surface area (Å²) in [5, 5.41) is 10.5. The number of carbonyl (C=O) groups excluding carboxylic acids is 1. The molecule has 0 spiro atoms. The van der Waals surface area contributed by atoms with Crippen molar-refractivity contribution in [2.24, 2.45) is 0 Å². The van der Waals surface area contributed by atoms with E-state index in [1.807, 2.05) is 0 Å². The summed E-state index contributed by atoms with van der Waals surface area (Å²) in [4.78, 5) is 21.0. The van der Waals surface area contributed by atoms with Crippen LogP contribution in [0.4, 0.5) is 17.6 Å². The van der Waals surface area contributed by atoms with Gasteiger partial charge >= 0.3 is 12.1 Å². The van der Waals surface area contributed by atoms with Gasteiger partial charge < -0.3 is 10.4 Å². The molecule has 8 heteroatoms. The molecule has 1 atom stereocenters. The minimum atomic E-state index is -4.92. The van der Waals surface area contributed by atoms with E-state index in [4.69, 9.17) is 5.11 Å². The lowest BCUT2D eigenvalue weighted by molar-refractivity contribution is -0.143. The van der Waals surface area contributed by atoms with Gasteiger partial charge in [0.05, 0.1) is 5.56 Å². The van der Waals surface area contributed by atoms with Gasteiger partial charge in [-0.1, -0.05) is 6.07 Å². The van der Waals surface area contributed by atoms with E-state index in [0.29, 0.717) is 12.1 Å². The highest BCUT2D eigenvalue weighted by atomic mass is 19.4. The zero-order valence-electron chi connectivity index (χ0n) is 8.66. The molecule has 0 aromatic heterocycles. The molecule has 0 bridgehead atoms. The van der Waals surface area contributed by atoms with Crippen molar-refractivity contribution in [2.75, 3.05) is 0 Å². The third-order valence-electron chi connectivity index (χ3n) is 2.11. The van der Waals surface area contributed by atoms with Gasteiger partial charge in [0.1, 0.15) is 5.82 Å². The number of nitrogens with one attached hydrogen (secondary N) is 1. The standard InChI is InChI=1S/C10H7F4NO3/c11-5-1-2-6(7(3-5)10(12,13)14)8(9(17)18)15-4-16/h1-4,8H,(H,15,16)(H,17,18). The van der Waals surface area contributed by atoms with E-state index in [1.165, 1.54) is 0 Å². The summed E-state index contributed by atoms with van der Waals surface area (Å²) in [5.74, 6) is -2.83. The van der Waals surface area contributed by atoms with Crippen LogP contribution in [0, 0.1) is 5.82 Å². The fourth-order valence-electron chi connectivity index (χ4n) is 1.39. The van der Waals surface area contributed by atoms with Crippen LogP contribution in [0.3, 0.4) is 0 Å². The van der Waals surface area contributed by atoms with Gasteiger partial charge in [-0.15, -0.1) is 0 Å². The van der Waals surface area contributed by atoms with Crippen molar-refractivity contribution in [3.05, 3.63) is 35.1 Å². The predicted molar refractivity (Wildman–Crippen MR) is 51.0 cm³/mol. The van der Waals surface area contributed by atoms with E-state index in [0.717, 1.165) is 0 Å². The number of amides is 1. The van der Waals surface area contributed by atoms with Crippen LogP contribution < -0.4 is 5.32 Å². The normalized spacial score (nSPS) is 12.9. The number of hydrogen-bond acceptors (Lipinski definition) is 2. The van der Waals surface area contributed by atoms with Crippen molar-refractivity contribution in [3.8, 4) is 0 Å². The molecule has 1 rings (SSSR count). The lowest BCUT2D eigenvalue weighted by atomic mass is 10.00. The fourth-order valence-corrected chi connectivity index (χ4v) is 1.39. The fraction of sp³-hybridized carbons (Fsp3) is 0.200. The molecule has 1 aromatic rings. The minimum absolute atomic E-state index is 0.0394. The lowest BCUT2D eigenvalue weighted by Crippen LogP contribution is -2.29. The van der Waals surface area contributed by atoms with Gasteiger partial charge in [0.15, 0.2) is 6.04 Å². The summed E-state index contributed by atoms with van der Waals surface area (Å²) in [6, 6.07) is -0.349. The van der Waals surface area contributed by atoms with E-state index >= 15 is 0 Å². The molecule has 0 radical (unpaired) electrons. The zero-order valence-corrected chi connectivity index (χ0v) is 8.66. The molecular formula is C10H7F4NO3. The predicted octanol–water partition coefficient (Wildman–Crippen LogP) is 1.72. The molecule has 0 saturated heterocycles. The summed E-state index contributed by atoms with van der Waals surface area (Å²) >= 11 is 0. The van der Waals surface area contributed by atoms with Gasteiger partial charge in [0, 0.05) is 0 Å². The Balaban J connectivity index is 3.38. The van der Waals surface area contributed by atoms with E-state index < -0.39 is 35.1 Å². The second-order valence-electron chi connectivity index (χ2n) is 3.29. The molecule has 18 heavy (non-hydrogen) atoms. The van der Waals surface area contributed by atoms with Gasteiger partial charge in [-0.25, -0.2) is 9.18 Å². The van der Waals surface area contributed by atoms with Gasteiger partial charge in [-0.2, -0.15) is 13.2 Å². The molecule has 0 aliphatic carbocycles.